The Bertz CT molecular complexity index is 282. The fourth-order valence-corrected chi connectivity index (χ4v) is 4.40. The quantitative estimate of drug-likeness (QED) is 0.417. The molecule has 19 heavy (non-hydrogen) atoms. The lowest BCUT2D eigenvalue weighted by Crippen LogP contribution is -2.37. The van der Waals surface area contributed by atoms with E-state index in [0.29, 0.717) is 11.8 Å². The number of carbonyl (C=O) groups excluding carboxylic acids is 1. The molecule has 0 aliphatic heterocycles. The maximum Gasteiger partial charge on any atom is 0.223 e. The Kier molecular flexibility index (Phi) is 6.96. The predicted octanol–water partition coefficient (Wildman–Crippen LogP) is 4.31. The lowest BCUT2D eigenvalue weighted by atomic mass is 9.67. The van der Waals surface area contributed by atoms with Crippen LogP contribution in [0.3, 0.4) is 0 Å². The zero-order valence-corrected chi connectivity index (χ0v) is 14.2. The first-order valence-electron chi connectivity index (χ1n) is 8.15. The van der Waals surface area contributed by atoms with Gasteiger partial charge >= 0.3 is 0 Å². The highest BCUT2D eigenvalue weighted by molar-refractivity contribution is 14.1. The minimum absolute atomic E-state index is 0.323. The topological polar surface area (TPSA) is 29.1 Å². The molecule has 0 saturated heterocycles. The van der Waals surface area contributed by atoms with Crippen LogP contribution in [0.2, 0.25) is 0 Å². The minimum atomic E-state index is 0.323. The fraction of sp³-hybridized carbons (Fsp3) is 0.938. The first-order chi connectivity index (χ1) is 9.31. The highest BCUT2D eigenvalue weighted by Crippen LogP contribution is 2.42. The SMILES string of the molecule is O=C(NCCCCCI)C1CCC2CCCCC2C1. The average molecular weight is 377 g/mol. The second kappa shape index (κ2) is 8.48. The van der Waals surface area contributed by atoms with Gasteiger partial charge in [-0.15, -0.1) is 0 Å². The van der Waals surface area contributed by atoms with Crippen molar-refractivity contribution in [1.82, 2.24) is 5.32 Å². The molecular formula is C16H28INO. The Morgan fingerprint density at radius 2 is 1.79 bits per heavy atom. The first kappa shape index (κ1) is 15.6. The van der Waals surface area contributed by atoms with Crippen LogP contribution in [0.25, 0.3) is 0 Å². The van der Waals surface area contributed by atoms with Gasteiger partial charge in [0, 0.05) is 12.5 Å². The lowest BCUT2D eigenvalue weighted by molar-refractivity contribution is -0.127. The van der Waals surface area contributed by atoms with Gasteiger partial charge in [0.05, 0.1) is 0 Å². The van der Waals surface area contributed by atoms with E-state index in [0.717, 1.165) is 31.2 Å². The van der Waals surface area contributed by atoms with E-state index in [-0.39, 0.29) is 0 Å². The molecule has 0 aromatic heterocycles. The van der Waals surface area contributed by atoms with Gasteiger partial charge in [-0.2, -0.15) is 0 Å². The van der Waals surface area contributed by atoms with E-state index in [2.05, 4.69) is 27.9 Å². The van der Waals surface area contributed by atoms with Crippen LogP contribution >= 0.6 is 22.6 Å². The molecule has 3 heteroatoms. The van der Waals surface area contributed by atoms with Gasteiger partial charge in [-0.3, -0.25) is 4.79 Å². The van der Waals surface area contributed by atoms with Crippen molar-refractivity contribution < 1.29 is 4.79 Å². The number of halogens is 1. The van der Waals surface area contributed by atoms with Gasteiger partial charge in [0.15, 0.2) is 0 Å². The lowest BCUT2D eigenvalue weighted by Gasteiger charge is -2.38. The standard InChI is InChI=1S/C16H28INO/c17-10-4-1-5-11-18-16(19)15-9-8-13-6-2-3-7-14(13)12-15/h13-15H,1-12H2,(H,18,19). The van der Waals surface area contributed by atoms with Gasteiger partial charge in [-0.05, 0) is 48.4 Å². The average Bonchev–Trinajstić information content (AvgIpc) is 2.46. The summed E-state index contributed by atoms with van der Waals surface area (Å²) in [5.41, 5.74) is 0. The van der Waals surface area contributed by atoms with Crippen LogP contribution in [0, 0.1) is 17.8 Å². The van der Waals surface area contributed by atoms with Gasteiger partial charge in [-0.25, -0.2) is 0 Å². The van der Waals surface area contributed by atoms with E-state index in [4.69, 9.17) is 0 Å². The molecule has 0 spiro atoms. The van der Waals surface area contributed by atoms with Crippen molar-refractivity contribution in [2.75, 3.05) is 11.0 Å². The summed E-state index contributed by atoms with van der Waals surface area (Å²) in [5.74, 6) is 2.47. The summed E-state index contributed by atoms with van der Waals surface area (Å²) in [6.45, 7) is 0.889. The zero-order chi connectivity index (χ0) is 13.5. The van der Waals surface area contributed by atoms with Crippen LogP contribution < -0.4 is 5.32 Å². The Morgan fingerprint density at radius 1 is 1.00 bits per heavy atom. The number of hydrogen-bond acceptors (Lipinski definition) is 1. The molecule has 2 saturated carbocycles. The van der Waals surface area contributed by atoms with E-state index in [1.54, 1.807) is 0 Å². The first-order valence-corrected chi connectivity index (χ1v) is 9.67. The van der Waals surface area contributed by atoms with Crippen LogP contribution in [0.15, 0.2) is 0 Å². The summed E-state index contributed by atoms with van der Waals surface area (Å²) in [5, 5.41) is 3.17. The van der Waals surface area contributed by atoms with E-state index in [1.807, 2.05) is 0 Å². The van der Waals surface area contributed by atoms with E-state index < -0.39 is 0 Å². The molecule has 2 nitrogen and oxygen atoms in total. The third-order valence-electron chi connectivity index (χ3n) is 5.02. The highest BCUT2D eigenvalue weighted by Gasteiger charge is 2.34. The number of fused-ring (bicyclic) bond motifs is 1. The summed E-state index contributed by atoms with van der Waals surface area (Å²) < 4.78 is 1.23. The maximum absolute atomic E-state index is 12.2. The number of nitrogens with one attached hydrogen (secondary N) is 1. The molecule has 1 amide bonds. The van der Waals surface area contributed by atoms with Crippen LogP contribution in [0.1, 0.15) is 64.2 Å². The summed E-state index contributed by atoms with van der Waals surface area (Å²) in [7, 11) is 0. The van der Waals surface area contributed by atoms with Crippen LogP contribution in [0.4, 0.5) is 0 Å². The number of rotatable bonds is 6. The number of carbonyl (C=O) groups is 1. The van der Waals surface area contributed by atoms with Crippen molar-refractivity contribution in [2.24, 2.45) is 17.8 Å². The van der Waals surface area contributed by atoms with Crippen LogP contribution in [-0.2, 0) is 4.79 Å². The smallest absolute Gasteiger partial charge is 0.223 e. The largest absolute Gasteiger partial charge is 0.356 e. The molecule has 1 N–H and O–H groups in total. The molecule has 3 atom stereocenters. The monoisotopic (exact) mass is 377 g/mol. The molecule has 0 heterocycles. The molecule has 2 rings (SSSR count). The van der Waals surface area contributed by atoms with E-state index >= 15 is 0 Å². The third kappa shape index (κ3) is 4.91. The Hall–Kier alpha value is 0.200. The van der Waals surface area contributed by atoms with E-state index in [1.165, 1.54) is 55.8 Å². The second-order valence-corrected chi connectivity index (χ2v) is 7.43. The molecule has 3 unspecified atom stereocenters. The number of unbranched alkanes of at least 4 members (excludes halogenated alkanes) is 2. The number of amides is 1. The van der Waals surface area contributed by atoms with Gasteiger partial charge in [0.1, 0.15) is 0 Å². The molecule has 2 fully saturated rings. The van der Waals surface area contributed by atoms with Crippen molar-refractivity contribution in [2.45, 2.75) is 64.2 Å². The van der Waals surface area contributed by atoms with Crippen LogP contribution in [0.5, 0.6) is 0 Å². The normalized spacial score (nSPS) is 30.7. The molecular weight excluding hydrogens is 349 g/mol. The van der Waals surface area contributed by atoms with Crippen molar-refractivity contribution >= 4 is 28.5 Å². The zero-order valence-electron chi connectivity index (χ0n) is 12.0. The Labute approximate surface area is 131 Å². The highest BCUT2D eigenvalue weighted by atomic mass is 127. The summed E-state index contributed by atoms with van der Waals surface area (Å²) >= 11 is 2.42. The van der Waals surface area contributed by atoms with Gasteiger partial charge < -0.3 is 5.32 Å². The second-order valence-electron chi connectivity index (χ2n) is 6.36. The summed E-state index contributed by atoms with van der Waals surface area (Å²) in [6, 6.07) is 0. The molecule has 0 aromatic rings. The molecule has 110 valence electrons. The molecule has 2 aliphatic carbocycles. The molecule has 0 aromatic carbocycles. The molecule has 0 bridgehead atoms. The fourth-order valence-electron chi connectivity index (χ4n) is 3.86. The predicted molar refractivity (Wildman–Crippen MR) is 88.5 cm³/mol. The van der Waals surface area contributed by atoms with Crippen LogP contribution in [-0.4, -0.2) is 16.9 Å². The maximum atomic E-state index is 12.2. The van der Waals surface area contributed by atoms with Crippen molar-refractivity contribution in [3.63, 3.8) is 0 Å². The van der Waals surface area contributed by atoms with Crippen molar-refractivity contribution in [3.05, 3.63) is 0 Å². The Balaban J connectivity index is 1.65. The van der Waals surface area contributed by atoms with Gasteiger partial charge in [0.2, 0.25) is 5.91 Å². The van der Waals surface area contributed by atoms with Gasteiger partial charge in [0.25, 0.3) is 0 Å². The minimum Gasteiger partial charge on any atom is -0.356 e. The van der Waals surface area contributed by atoms with Crippen molar-refractivity contribution in [3.8, 4) is 0 Å². The number of alkyl halides is 1. The van der Waals surface area contributed by atoms with Gasteiger partial charge in [-0.1, -0.05) is 54.7 Å². The molecule has 0 radical (unpaired) electrons. The third-order valence-corrected chi connectivity index (χ3v) is 5.78. The molecule has 2 aliphatic rings. The Morgan fingerprint density at radius 3 is 2.58 bits per heavy atom. The number of hydrogen-bond donors (Lipinski definition) is 1. The summed E-state index contributed by atoms with van der Waals surface area (Å²) in [4.78, 5) is 12.2. The summed E-state index contributed by atoms with van der Waals surface area (Å²) in [6.07, 6.45) is 12.9. The van der Waals surface area contributed by atoms with E-state index in [9.17, 15) is 4.79 Å². The van der Waals surface area contributed by atoms with Crippen molar-refractivity contribution in [1.29, 1.82) is 0 Å².